The molecule has 0 aliphatic heterocycles. The fourth-order valence-electron chi connectivity index (χ4n) is 3.71. The highest BCUT2D eigenvalue weighted by Gasteiger charge is 2.16. The topological polar surface area (TPSA) is 109 Å². The van der Waals surface area contributed by atoms with E-state index in [1.807, 2.05) is 18.2 Å². The number of rotatable bonds is 3. The third-order valence-electron chi connectivity index (χ3n) is 5.14. The van der Waals surface area contributed by atoms with E-state index in [1.54, 1.807) is 37.1 Å². The summed E-state index contributed by atoms with van der Waals surface area (Å²) in [7, 11) is 0. The van der Waals surface area contributed by atoms with Gasteiger partial charge in [-0.25, -0.2) is 0 Å². The Morgan fingerprint density at radius 2 is 1.81 bits per heavy atom. The molecule has 150 valence electrons. The second-order valence-electron chi connectivity index (χ2n) is 7.13. The molecular formula is C22H14FN7S. The third-order valence-corrected chi connectivity index (χ3v) is 6.05. The van der Waals surface area contributed by atoms with E-state index in [0.29, 0.717) is 5.69 Å². The maximum absolute atomic E-state index is 13.6. The van der Waals surface area contributed by atoms with E-state index in [4.69, 9.17) is 5.73 Å². The summed E-state index contributed by atoms with van der Waals surface area (Å²) in [5, 5.41) is 9.18. The van der Waals surface area contributed by atoms with Crippen LogP contribution in [-0.2, 0) is 0 Å². The molecule has 31 heavy (non-hydrogen) atoms. The number of thiophene rings is 1. The molecule has 7 nitrogen and oxygen atoms in total. The monoisotopic (exact) mass is 427 g/mol. The van der Waals surface area contributed by atoms with E-state index in [2.05, 4.69) is 30.1 Å². The third kappa shape index (κ3) is 2.94. The molecule has 9 heteroatoms. The number of aromatic nitrogens is 6. The van der Waals surface area contributed by atoms with Crippen molar-refractivity contribution in [2.45, 2.75) is 0 Å². The quantitative estimate of drug-likeness (QED) is 0.368. The van der Waals surface area contributed by atoms with Crippen LogP contribution in [0.4, 0.5) is 10.1 Å². The normalized spacial score (nSPS) is 11.5. The second-order valence-corrected chi connectivity index (χ2v) is 8.16. The smallest absolute Gasteiger partial charge is 0.176 e. The number of H-pyrrole nitrogens is 2. The molecule has 0 unspecified atom stereocenters. The molecule has 4 N–H and O–H groups in total. The molecule has 0 saturated heterocycles. The van der Waals surface area contributed by atoms with E-state index in [9.17, 15) is 4.39 Å². The zero-order valence-electron chi connectivity index (χ0n) is 15.9. The van der Waals surface area contributed by atoms with Gasteiger partial charge >= 0.3 is 0 Å². The molecule has 0 atom stereocenters. The Balaban J connectivity index is 1.51. The van der Waals surface area contributed by atoms with Crippen molar-refractivity contribution in [2.24, 2.45) is 0 Å². The highest BCUT2D eigenvalue weighted by atomic mass is 32.1. The highest BCUT2D eigenvalue weighted by molar-refractivity contribution is 7.14. The number of nitrogen functional groups attached to an aromatic ring is 1. The van der Waals surface area contributed by atoms with Crippen molar-refractivity contribution in [2.75, 3.05) is 5.73 Å². The van der Waals surface area contributed by atoms with Crippen LogP contribution in [0.5, 0.6) is 0 Å². The van der Waals surface area contributed by atoms with Crippen LogP contribution in [-0.4, -0.2) is 30.1 Å². The average Bonchev–Trinajstić information content (AvgIpc) is 3.50. The summed E-state index contributed by atoms with van der Waals surface area (Å²) in [4.78, 5) is 17.2. The Kier molecular flexibility index (Phi) is 3.84. The largest absolute Gasteiger partial charge is 0.397 e. The van der Waals surface area contributed by atoms with Gasteiger partial charge in [0.15, 0.2) is 5.13 Å². The number of nitrogens with one attached hydrogen (secondary N) is 2. The molecule has 6 rings (SSSR count). The molecule has 0 radical (unpaired) electrons. The van der Waals surface area contributed by atoms with Gasteiger partial charge in [-0.2, -0.15) is 9.49 Å². The van der Waals surface area contributed by atoms with Crippen molar-refractivity contribution < 1.29 is 4.39 Å². The molecule has 6 aromatic rings. The summed E-state index contributed by atoms with van der Waals surface area (Å²) in [6, 6.07) is 9.05. The van der Waals surface area contributed by atoms with Gasteiger partial charge < -0.3 is 10.7 Å². The number of hydrogen-bond donors (Lipinski definition) is 3. The molecular weight excluding hydrogens is 413 g/mol. The number of pyridine rings is 3. The van der Waals surface area contributed by atoms with Gasteiger partial charge in [0.25, 0.3) is 0 Å². The minimum atomic E-state index is -0.225. The van der Waals surface area contributed by atoms with Crippen LogP contribution in [0.3, 0.4) is 0 Å². The van der Waals surface area contributed by atoms with Gasteiger partial charge in [-0.15, -0.1) is 11.3 Å². The summed E-state index contributed by atoms with van der Waals surface area (Å²) >= 11 is 1.10. The van der Waals surface area contributed by atoms with Crippen molar-refractivity contribution >= 4 is 38.8 Å². The van der Waals surface area contributed by atoms with Crippen molar-refractivity contribution in [1.82, 2.24) is 30.1 Å². The molecule has 0 amide bonds. The van der Waals surface area contributed by atoms with Crippen LogP contribution in [0, 0.1) is 5.13 Å². The Morgan fingerprint density at radius 1 is 0.903 bits per heavy atom. The molecule has 0 fully saturated rings. The number of nitrogens with zero attached hydrogens (tertiary/aromatic N) is 4. The minimum Gasteiger partial charge on any atom is -0.397 e. The first-order valence-electron chi connectivity index (χ1n) is 9.43. The van der Waals surface area contributed by atoms with Crippen LogP contribution >= 0.6 is 11.3 Å². The van der Waals surface area contributed by atoms with E-state index in [0.717, 1.165) is 66.2 Å². The van der Waals surface area contributed by atoms with Crippen LogP contribution in [0.2, 0.25) is 0 Å². The van der Waals surface area contributed by atoms with Crippen LogP contribution in [0.25, 0.3) is 54.9 Å². The Morgan fingerprint density at radius 3 is 2.65 bits per heavy atom. The van der Waals surface area contributed by atoms with Crippen LogP contribution in [0.15, 0.2) is 61.3 Å². The van der Waals surface area contributed by atoms with Crippen molar-refractivity contribution in [3.63, 3.8) is 0 Å². The van der Waals surface area contributed by atoms with Gasteiger partial charge in [0, 0.05) is 45.4 Å². The van der Waals surface area contributed by atoms with E-state index < -0.39 is 0 Å². The molecule has 0 bridgehead atoms. The zero-order valence-corrected chi connectivity index (χ0v) is 16.7. The van der Waals surface area contributed by atoms with Crippen molar-refractivity contribution in [1.29, 1.82) is 0 Å². The predicted molar refractivity (Wildman–Crippen MR) is 120 cm³/mol. The maximum Gasteiger partial charge on any atom is 0.176 e. The summed E-state index contributed by atoms with van der Waals surface area (Å²) < 4.78 is 13.6. The first kappa shape index (κ1) is 17.7. The first-order valence-corrected chi connectivity index (χ1v) is 10.3. The Hall–Kier alpha value is -4.11. The van der Waals surface area contributed by atoms with Gasteiger partial charge in [0.2, 0.25) is 0 Å². The van der Waals surface area contributed by atoms with Gasteiger partial charge in [-0.05, 0) is 30.3 Å². The molecule has 6 heterocycles. The summed E-state index contributed by atoms with van der Waals surface area (Å²) in [6.07, 6.45) is 8.58. The molecule has 0 aromatic carbocycles. The lowest BCUT2D eigenvalue weighted by atomic mass is 10.1. The lowest BCUT2D eigenvalue weighted by molar-refractivity contribution is 0.657. The number of nitrogens with two attached hydrogens (primary N) is 1. The minimum absolute atomic E-state index is 0.225. The first-order chi connectivity index (χ1) is 15.2. The highest BCUT2D eigenvalue weighted by Crippen LogP contribution is 2.36. The fraction of sp³-hybridized carbons (Fsp3) is 0. The summed E-state index contributed by atoms with van der Waals surface area (Å²) in [5.74, 6) is 0. The molecule has 0 spiro atoms. The number of aromatic amines is 2. The van der Waals surface area contributed by atoms with Crippen molar-refractivity contribution in [3.05, 3.63) is 66.4 Å². The summed E-state index contributed by atoms with van der Waals surface area (Å²) in [6.45, 7) is 0. The number of halogens is 1. The molecule has 6 aromatic heterocycles. The number of anilines is 1. The molecule has 0 aliphatic carbocycles. The lowest BCUT2D eigenvalue weighted by Gasteiger charge is -2.02. The van der Waals surface area contributed by atoms with Gasteiger partial charge in [0.05, 0.1) is 40.5 Å². The standard InChI is InChI=1S/C22H14FN7S/c23-21-2-1-20(31-21)15-8-26-9-18-13(15)4-17(28-18)22-14-5-16(27-10-19(14)29-30-22)11-3-12(24)7-25-6-11/h1-10,28H,24H2,(H,29,30). The van der Waals surface area contributed by atoms with Gasteiger partial charge in [-0.1, -0.05) is 0 Å². The van der Waals surface area contributed by atoms with Crippen LogP contribution < -0.4 is 5.73 Å². The number of hydrogen-bond acceptors (Lipinski definition) is 6. The van der Waals surface area contributed by atoms with E-state index in [1.165, 1.54) is 6.07 Å². The second kappa shape index (κ2) is 6.71. The zero-order chi connectivity index (χ0) is 20.9. The van der Waals surface area contributed by atoms with E-state index >= 15 is 0 Å². The number of fused-ring (bicyclic) bond motifs is 2. The Bertz CT molecular complexity index is 1580. The molecule has 0 saturated carbocycles. The lowest BCUT2D eigenvalue weighted by Crippen LogP contribution is -1.89. The van der Waals surface area contributed by atoms with Crippen molar-refractivity contribution in [3.8, 4) is 33.1 Å². The van der Waals surface area contributed by atoms with E-state index in [-0.39, 0.29) is 5.13 Å². The van der Waals surface area contributed by atoms with Gasteiger partial charge in [-0.3, -0.25) is 20.1 Å². The van der Waals surface area contributed by atoms with Crippen LogP contribution in [0.1, 0.15) is 0 Å². The summed E-state index contributed by atoms with van der Waals surface area (Å²) in [5.41, 5.74) is 12.2. The SMILES string of the molecule is Nc1cncc(-c2cc3c(-c4cc5c(-c6ccc(F)s6)cncc5[nH]4)n[nH]c3cn2)c1. The van der Waals surface area contributed by atoms with Gasteiger partial charge in [0.1, 0.15) is 5.69 Å². The fourth-order valence-corrected chi connectivity index (χ4v) is 4.47. The maximum atomic E-state index is 13.6. The molecule has 0 aliphatic rings. The predicted octanol–water partition coefficient (Wildman–Crippen LogP) is 5.01. The Labute approximate surface area is 178 Å². The average molecular weight is 427 g/mol.